The molecule has 2 aromatic heterocycles. The first-order valence-corrected chi connectivity index (χ1v) is 8.60. The Hall–Kier alpha value is -1.76. The van der Waals surface area contributed by atoms with Crippen LogP contribution < -0.4 is 0 Å². The van der Waals surface area contributed by atoms with Gasteiger partial charge in [-0.1, -0.05) is 6.07 Å². The minimum Gasteiger partial charge on any atom is -0.377 e. The first-order chi connectivity index (χ1) is 11.8. The Labute approximate surface area is 142 Å². The molecule has 2 aliphatic heterocycles. The molecule has 0 saturated carbocycles. The molecule has 0 bridgehead atoms. The van der Waals surface area contributed by atoms with Crippen molar-refractivity contribution in [1.82, 2.24) is 19.4 Å². The van der Waals surface area contributed by atoms with E-state index in [4.69, 9.17) is 9.47 Å². The Morgan fingerprint density at radius 1 is 1.29 bits per heavy atom. The van der Waals surface area contributed by atoms with Gasteiger partial charge in [-0.05, 0) is 18.1 Å². The average molecular weight is 328 g/mol. The van der Waals surface area contributed by atoms with Crippen LogP contribution in [0.4, 0.5) is 0 Å². The highest BCUT2D eigenvalue weighted by Gasteiger charge is 2.43. The third-order valence-electron chi connectivity index (χ3n) is 4.87. The summed E-state index contributed by atoms with van der Waals surface area (Å²) in [6, 6.07) is 4.12. The minimum atomic E-state index is -0.177. The second-order valence-electron chi connectivity index (χ2n) is 6.95. The quantitative estimate of drug-likeness (QED) is 0.853. The molecule has 0 radical (unpaired) electrons. The molecule has 2 fully saturated rings. The van der Waals surface area contributed by atoms with Crippen molar-refractivity contribution >= 4 is 0 Å². The summed E-state index contributed by atoms with van der Waals surface area (Å²) in [7, 11) is 0. The van der Waals surface area contributed by atoms with E-state index < -0.39 is 0 Å². The van der Waals surface area contributed by atoms with Crippen molar-refractivity contribution in [3.8, 4) is 0 Å². The van der Waals surface area contributed by atoms with E-state index in [-0.39, 0.29) is 5.60 Å². The highest BCUT2D eigenvalue weighted by Crippen LogP contribution is 2.33. The molecule has 24 heavy (non-hydrogen) atoms. The van der Waals surface area contributed by atoms with Gasteiger partial charge in [0.2, 0.25) is 0 Å². The van der Waals surface area contributed by atoms with E-state index in [1.54, 1.807) is 0 Å². The monoisotopic (exact) mass is 328 g/mol. The lowest BCUT2D eigenvalue weighted by molar-refractivity contribution is -0.0563. The van der Waals surface area contributed by atoms with E-state index in [9.17, 15) is 0 Å². The summed E-state index contributed by atoms with van der Waals surface area (Å²) < 4.78 is 14.3. The van der Waals surface area contributed by atoms with Crippen LogP contribution in [-0.2, 0) is 22.6 Å². The fraction of sp³-hybridized carbons (Fsp3) is 0.556. The van der Waals surface area contributed by atoms with Crippen LogP contribution in [0.1, 0.15) is 12.0 Å². The van der Waals surface area contributed by atoms with Gasteiger partial charge in [0.1, 0.15) is 5.60 Å². The number of aromatic nitrogens is 3. The van der Waals surface area contributed by atoms with Gasteiger partial charge in [-0.25, -0.2) is 4.98 Å². The van der Waals surface area contributed by atoms with Crippen LogP contribution in [0.3, 0.4) is 0 Å². The van der Waals surface area contributed by atoms with E-state index in [0.29, 0.717) is 12.5 Å². The van der Waals surface area contributed by atoms with Gasteiger partial charge in [-0.15, -0.1) is 0 Å². The molecule has 0 aliphatic carbocycles. The maximum atomic E-state index is 6.27. The van der Waals surface area contributed by atoms with Crippen molar-refractivity contribution < 1.29 is 9.47 Å². The van der Waals surface area contributed by atoms with Crippen LogP contribution in [0.2, 0.25) is 0 Å². The third kappa shape index (κ3) is 3.66. The van der Waals surface area contributed by atoms with E-state index in [1.807, 2.05) is 37.2 Å². The van der Waals surface area contributed by atoms with Crippen LogP contribution in [0.15, 0.2) is 43.2 Å². The molecule has 0 N–H and O–H groups in total. The number of rotatable bonds is 4. The number of hydrogen-bond acceptors (Lipinski definition) is 5. The summed E-state index contributed by atoms with van der Waals surface area (Å²) in [6.45, 7) is 5.96. The molecule has 6 nitrogen and oxygen atoms in total. The Bertz CT molecular complexity index is 634. The second-order valence-corrected chi connectivity index (χ2v) is 6.95. The molecule has 2 aromatic rings. The zero-order chi connectivity index (χ0) is 16.2. The van der Waals surface area contributed by atoms with Gasteiger partial charge in [0.05, 0.1) is 26.1 Å². The summed E-state index contributed by atoms with van der Waals surface area (Å²) >= 11 is 0. The molecule has 128 valence electrons. The minimum absolute atomic E-state index is 0.177. The Morgan fingerprint density at radius 2 is 2.29 bits per heavy atom. The SMILES string of the molecule is c1cncc(CN2CCOC[C@]3(C[C@@H](Cn4ccnc4)CO3)C2)c1. The highest BCUT2D eigenvalue weighted by molar-refractivity contribution is 5.08. The molecule has 2 atom stereocenters. The molecule has 6 heteroatoms. The van der Waals surface area contributed by atoms with E-state index in [0.717, 1.165) is 45.8 Å². The van der Waals surface area contributed by atoms with Crippen LogP contribution in [0.25, 0.3) is 0 Å². The molecule has 2 saturated heterocycles. The number of ether oxygens (including phenoxy) is 2. The van der Waals surface area contributed by atoms with Gasteiger partial charge in [-0.2, -0.15) is 0 Å². The van der Waals surface area contributed by atoms with Crippen molar-refractivity contribution in [3.05, 3.63) is 48.8 Å². The van der Waals surface area contributed by atoms with Gasteiger partial charge in [0, 0.05) is 56.9 Å². The normalized spacial score (nSPS) is 28.2. The molecule has 4 heterocycles. The Morgan fingerprint density at radius 3 is 3.12 bits per heavy atom. The summed E-state index contributed by atoms with van der Waals surface area (Å²) in [5.41, 5.74) is 1.06. The van der Waals surface area contributed by atoms with E-state index in [1.165, 1.54) is 5.56 Å². The zero-order valence-electron chi connectivity index (χ0n) is 13.9. The van der Waals surface area contributed by atoms with Crippen LogP contribution in [-0.4, -0.2) is 57.9 Å². The predicted octanol–water partition coefficient (Wildman–Crippen LogP) is 1.59. The number of nitrogens with zero attached hydrogens (tertiary/aromatic N) is 4. The maximum Gasteiger partial charge on any atom is 0.104 e. The molecular weight excluding hydrogens is 304 g/mol. The van der Waals surface area contributed by atoms with Crippen LogP contribution in [0, 0.1) is 5.92 Å². The number of hydrogen-bond donors (Lipinski definition) is 0. The lowest BCUT2D eigenvalue weighted by atomic mass is 9.94. The third-order valence-corrected chi connectivity index (χ3v) is 4.87. The molecule has 2 aliphatic rings. The van der Waals surface area contributed by atoms with Crippen molar-refractivity contribution in [2.45, 2.75) is 25.1 Å². The summed E-state index contributed by atoms with van der Waals surface area (Å²) in [5.74, 6) is 0.515. The largest absolute Gasteiger partial charge is 0.377 e. The Balaban J connectivity index is 1.40. The van der Waals surface area contributed by atoms with Gasteiger partial charge in [-0.3, -0.25) is 9.88 Å². The fourth-order valence-corrected chi connectivity index (χ4v) is 3.83. The molecule has 0 amide bonds. The molecule has 1 spiro atoms. The van der Waals surface area contributed by atoms with Gasteiger partial charge in [0.15, 0.2) is 0 Å². The molecule has 0 unspecified atom stereocenters. The summed E-state index contributed by atoms with van der Waals surface area (Å²) in [4.78, 5) is 10.8. The predicted molar refractivity (Wildman–Crippen MR) is 89.4 cm³/mol. The first-order valence-electron chi connectivity index (χ1n) is 8.60. The molecule has 4 rings (SSSR count). The smallest absolute Gasteiger partial charge is 0.104 e. The summed E-state index contributed by atoms with van der Waals surface area (Å²) in [5, 5.41) is 0. The van der Waals surface area contributed by atoms with Crippen LogP contribution in [0.5, 0.6) is 0 Å². The standard InChI is InChI=1S/C18H24N4O2/c1-2-16(9-19-3-1)10-21-6-7-23-14-18(13-21)8-17(12-24-18)11-22-5-4-20-15-22/h1-5,9,15,17H,6-8,10-14H2/t17-,18-/m0/s1. The average Bonchev–Trinajstić information content (AvgIpc) is 3.19. The fourth-order valence-electron chi connectivity index (χ4n) is 3.83. The first kappa shape index (κ1) is 15.7. The number of pyridine rings is 1. The van der Waals surface area contributed by atoms with Gasteiger partial charge in [0.25, 0.3) is 0 Å². The van der Waals surface area contributed by atoms with Crippen molar-refractivity contribution in [2.24, 2.45) is 5.92 Å². The van der Waals surface area contributed by atoms with Gasteiger partial charge >= 0.3 is 0 Å². The zero-order valence-corrected chi connectivity index (χ0v) is 13.9. The summed E-state index contributed by atoms with van der Waals surface area (Å²) in [6.07, 6.45) is 10.5. The van der Waals surface area contributed by atoms with Crippen molar-refractivity contribution in [3.63, 3.8) is 0 Å². The van der Waals surface area contributed by atoms with Gasteiger partial charge < -0.3 is 14.0 Å². The number of imidazole rings is 1. The molecular formula is C18H24N4O2. The Kier molecular flexibility index (Phi) is 4.60. The van der Waals surface area contributed by atoms with Crippen LogP contribution >= 0.6 is 0 Å². The highest BCUT2D eigenvalue weighted by atomic mass is 16.5. The maximum absolute atomic E-state index is 6.27. The van der Waals surface area contributed by atoms with E-state index >= 15 is 0 Å². The van der Waals surface area contributed by atoms with Crippen molar-refractivity contribution in [1.29, 1.82) is 0 Å². The van der Waals surface area contributed by atoms with E-state index in [2.05, 4.69) is 25.5 Å². The lowest BCUT2D eigenvalue weighted by Crippen LogP contribution is -2.43. The van der Waals surface area contributed by atoms with Crippen molar-refractivity contribution in [2.75, 3.05) is 32.9 Å². The molecule has 0 aromatic carbocycles. The topological polar surface area (TPSA) is 52.4 Å². The lowest BCUT2D eigenvalue weighted by Gasteiger charge is -2.31. The second kappa shape index (κ2) is 7.01.